The van der Waals surface area contributed by atoms with Crippen LogP contribution in [0.4, 0.5) is 5.69 Å². The van der Waals surface area contributed by atoms with E-state index < -0.39 is 0 Å². The largest absolute Gasteiger partial charge is 0.376 e. The third-order valence-corrected chi connectivity index (χ3v) is 3.89. The average Bonchev–Trinajstić information content (AvgIpc) is 3.01. The van der Waals surface area contributed by atoms with Gasteiger partial charge in [-0.15, -0.1) is 0 Å². The third-order valence-electron chi connectivity index (χ3n) is 3.89. The molecule has 0 saturated carbocycles. The van der Waals surface area contributed by atoms with Gasteiger partial charge in [0.1, 0.15) is 0 Å². The fraction of sp³-hybridized carbons (Fsp3) is 0.500. The second-order valence-electron chi connectivity index (χ2n) is 6.02. The van der Waals surface area contributed by atoms with Crippen molar-refractivity contribution >= 4 is 11.6 Å². The van der Waals surface area contributed by atoms with Crippen LogP contribution < -0.4 is 10.6 Å². The number of rotatable bonds is 8. The lowest BCUT2D eigenvalue weighted by atomic mass is 10.1. The number of anilines is 1. The Kier molecular flexibility index (Phi) is 6.35. The number of benzene rings is 1. The summed E-state index contributed by atoms with van der Waals surface area (Å²) in [5.41, 5.74) is 2.62. The van der Waals surface area contributed by atoms with Crippen LogP contribution in [0.3, 0.4) is 0 Å². The van der Waals surface area contributed by atoms with Crippen LogP contribution >= 0.6 is 0 Å². The maximum atomic E-state index is 12.2. The van der Waals surface area contributed by atoms with Crippen LogP contribution in [0, 0.1) is 6.92 Å². The molecule has 0 aliphatic heterocycles. The standard InChI is InChI=1S/C18H26N4O2/c1-5-7-16-21-17(24-22-16)11-19-15-9-8-14(10-12(15)3)18(23)20-13(4)6-2/h8-10,13,19H,5-7,11H2,1-4H3,(H,20,23)/t13-/m0/s1. The summed E-state index contributed by atoms with van der Waals surface area (Å²) in [4.78, 5) is 16.5. The Morgan fingerprint density at radius 1 is 1.33 bits per heavy atom. The molecule has 130 valence electrons. The van der Waals surface area contributed by atoms with Crippen LogP contribution in [0.25, 0.3) is 0 Å². The van der Waals surface area contributed by atoms with Gasteiger partial charge in [-0.25, -0.2) is 0 Å². The number of hydrogen-bond donors (Lipinski definition) is 2. The molecule has 1 heterocycles. The number of amides is 1. The van der Waals surface area contributed by atoms with Crippen molar-refractivity contribution < 1.29 is 9.32 Å². The topological polar surface area (TPSA) is 80.0 Å². The van der Waals surface area contributed by atoms with E-state index in [1.165, 1.54) is 0 Å². The third kappa shape index (κ3) is 4.81. The Labute approximate surface area is 143 Å². The Morgan fingerprint density at radius 3 is 2.79 bits per heavy atom. The zero-order chi connectivity index (χ0) is 17.5. The molecule has 2 aromatic rings. The first kappa shape index (κ1) is 18.0. The number of aryl methyl sites for hydroxylation is 2. The summed E-state index contributed by atoms with van der Waals surface area (Å²) in [6.07, 6.45) is 2.72. The molecule has 0 bridgehead atoms. The fourth-order valence-corrected chi connectivity index (χ4v) is 2.27. The molecule has 0 aliphatic carbocycles. The Bertz CT molecular complexity index is 681. The molecule has 2 N–H and O–H groups in total. The van der Waals surface area contributed by atoms with E-state index in [1.54, 1.807) is 0 Å². The summed E-state index contributed by atoms with van der Waals surface area (Å²) in [5, 5.41) is 10.2. The van der Waals surface area contributed by atoms with Gasteiger partial charge in [0.2, 0.25) is 5.89 Å². The van der Waals surface area contributed by atoms with E-state index in [0.29, 0.717) is 18.0 Å². The lowest BCUT2D eigenvalue weighted by Crippen LogP contribution is -2.31. The molecule has 0 unspecified atom stereocenters. The number of carbonyl (C=O) groups is 1. The second-order valence-corrected chi connectivity index (χ2v) is 6.02. The molecule has 0 aliphatic rings. The van der Waals surface area contributed by atoms with Crippen molar-refractivity contribution in [1.29, 1.82) is 0 Å². The zero-order valence-electron chi connectivity index (χ0n) is 14.8. The van der Waals surface area contributed by atoms with Gasteiger partial charge in [0, 0.05) is 23.7 Å². The quantitative estimate of drug-likeness (QED) is 0.774. The van der Waals surface area contributed by atoms with Gasteiger partial charge in [0.25, 0.3) is 5.91 Å². The van der Waals surface area contributed by atoms with Crippen molar-refractivity contribution in [1.82, 2.24) is 15.5 Å². The highest BCUT2D eigenvalue weighted by atomic mass is 16.5. The van der Waals surface area contributed by atoms with Crippen molar-refractivity contribution in [2.24, 2.45) is 0 Å². The molecule has 0 fully saturated rings. The maximum Gasteiger partial charge on any atom is 0.251 e. The van der Waals surface area contributed by atoms with Crippen molar-refractivity contribution in [3.8, 4) is 0 Å². The van der Waals surface area contributed by atoms with E-state index in [1.807, 2.05) is 39.0 Å². The van der Waals surface area contributed by atoms with Gasteiger partial charge < -0.3 is 15.2 Å². The summed E-state index contributed by atoms with van der Waals surface area (Å²) in [6.45, 7) is 8.57. The van der Waals surface area contributed by atoms with Crippen LogP contribution in [-0.4, -0.2) is 22.1 Å². The minimum absolute atomic E-state index is 0.0416. The second kappa shape index (κ2) is 8.47. The molecule has 0 radical (unpaired) electrons. The summed E-state index contributed by atoms with van der Waals surface area (Å²) in [5.74, 6) is 1.26. The molecule has 24 heavy (non-hydrogen) atoms. The van der Waals surface area contributed by atoms with Crippen molar-refractivity contribution in [2.45, 2.75) is 59.5 Å². The van der Waals surface area contributed by atoms with Gasteiger partial charge in [0.05, 0.1) is 6.54 Å². The molecular formula is C18H26N4O2. The summed E-state index contributed by atoms with van der Waals surface area (Å²) in [7, 11) is 0. The van der Waals surface area contributed by atoms with Gasteiger partial charge in [-0.05, 0) is 50.5 Å². The smallest absolute Gasteiger partial charge is 0.251 e. The number of carbonyl (C=O) groups excluding carboxylic acids is 1. The molecule has 1 amide bonds. The lowest BCUT2D eigenvalue weighted by molar-refractivity contribution is 0.0939. The minimum atomic E-state index is -0.0416. The first-order valence-electron chi connectivity index (χ1n) is 8.50. The van der Waals surface area contributed by atoms with Crippen LogP contribution in [0.2, 0.25) is 0 Å². The molecule has 1 aromatic carbocycles. The first-order valence-corrected chi connectivity index (χ1v) is 8.50. The van der Waals surface area contributed by atoms with Gasteiger partial charge in [-0.1, -0.05) is 19.0 Å². The minimum Gasteiger partial charge on any atom is -0.376 e. The van der Waals surface area contributed by atoms with Crippen molar-refractivity contribution in [3.05, 3.63) is 41.0 Å². The predicted octanol–water partition coefficient (Wildman–Crippen LogP) is 3.47. The SMILES string of the molecule is CCCc1noc(CNc2ccc(C(=O)N[C@@H](C)CC)cc2C)n1. The lowest BCUT2D eigenvalue weighted by Gasteiger charge is -2.13. The number of hydrogen-bond acceptors (Lipinski definition) is 5. The van der Waals surface area contributed by atoms with Crippen LogP contribution in [0.15, 0.2) is 22.7 Å². The summed E-state index contributed by atoms with van der Waals surface area (Å²) in [6, 6.07) is 5.79. The van der Waals surface area contributed by atoms with Crippen molar-refractivity contribution in [2.75, 3.05) is 5.32 Å². The van der Waals surface area contributed by atoms with Gasteiger partial charge in [0.15, 0.2) is 5.82 Å². The van der Waals surface area contributed by atoms with E-state index in [0.717, 1.165) is 36.3 Å². The summed E-state index contributed by atoms with van der Waals surface area (Å²) < 4.78 is 5.21. The molecule has 6 nitrogen and oxygen atoms in total. The number of nitrogens with one attached hydrogen (secondary N) is 2. The van der Waals surface area contributed by atoms with Crippen LogP contribution in [0.1, 0.15) is 61.2 Å². The molecular weight excluding hydrogens is 304 g/mol. The van der Waals surface area contributed by atoms with Gasteiger partial charge in [-0.3, -0.25) is 4.79 Å². The van der Waals surface area contributed by atoms with Gasteiger partial charge in [-0.2, -0.15) is 4.98 Å². The predicted molar refractivity (Wildman–Crippen MR) is 94.0 cm³/mol. The van der Waals surface area contributed by atoms with E-state index in [-0.39, 0.29) is 11.9 Å². The summed E-state index contributed by atoms with van der Waals surface area (Å²) >= 11 is 0. The zero-order valence-corrected chi connectivity index (χ0v) is 14.8. The average molecular weight is 330 g/mol. The molecule has 0 saturated heterocycles. The Hall–Kier alpha value is -2.37. The Morgan fingerprint density at radius 2 is 2.12 bits per heavy atom. The molecule has 1 aromatic heterocycles. The Balaban J connectivity index is 1.97. The van der Waals surface area contributed by atoms with Gasteiger partial charge >= 0.3 is 0 Å². The van der Waals surface area contributed by atoms with E-state index in [4.69, 9.17) is 4.52 Å². The highest BCUT2D eigenvalue weighted by Gasteiger charge is 2.11. The fourth-order valence-electron chi connectivity index (χ4n) is 2.27. The number of aromatic nitrogens is 2. The molecule has 6 heteroatoms. The monoisotopic (exact) mass is 330 g/mol. The van der Waals surface area contributed by atoms with E-state index in [2.05, 4.69) is 27.7 Å². The normalized spacial score (nSPS) is 12.0. The van der Waals surface area contributed by atoms with Crippen molar-refractivity contribution in [3.63, 3.8) is 0 Å². The molecule has 2 rings (SSSR count). The highest BCUT2D eigenvalue weighted by Crippen LogP contribution is 2.17. The van der Waals surface area contributed by atoms with Crippen LogP contribution in [-0.2, 0) is 13.0 Å². The molecule has 1 atom stereocenters. The highest BCUT2D eigenvalue weighted by molar-refractivity contribution is 5.95. The maximum absolute atomic E-state index is 12.2. The van der Waals surface area contributed by atoms with E-state index in [9.17, 15) is 4.79 Å². The van der Waals surface area contributed by atoms with E-state index >= 15 is 0 Å². The number of nitrogens with zero attached hydrogens (tertiary/aromatic N) is 2. The first-order chi connectivity index (χ1) is 11.5. The molecule has 0 spiro atoms. The van der Waals surface area contributed by atoms with Crippen LogP contribution in [0.5, 0.6) is 0 Å².